The smallest absolute Gasteiger partial charge is 0.314 e. The van der Waals surface area contributed by atoms with E-state index < -0.39 is 12.3 Å². The van der Waals surface area contributed by atoms with Gasteiger partial charge in [-0.1, -0.05) is 32.8 Å². The molecule has 0 bridgehead atoms. The van der Waals surface area contributed by atoms with Crippen LogP contribution in [0.1, 0.15) is 67.8 Å². The van der Waals surface area contributed by atoms with Crippen molar-refractivity contribution in [1.82, 2.24) is 20.4 Å². The lowest BCUT2D eigenvalue weighted by Crippen LogP contribution is -2.54. The van der Waals surface area contributed by atoms with Gasteiger partial charge in [-0.05, 0) is 30.5 Å². The molecule has 2 atom stereocenters. The summed E-state index contributed by atoms with van der Waals surface area (Å²) in [5.74, 6) is -1.04. The molecular formula is C21H24F2N4O3. The highest BCUT2D eigenvalue weighted by Gasteiger charge is 2.39. The van der Waals surface area contributed by atoms with E-state index in [-0.39, 0.29) is 35.7 Å². The molecule has 1 aliphatic carbocycles. The maximum atomic E-state index is 13.2. The van der Waals surface area contributed by atoms with Crippen LogP contribution < -0.4 is 5.32 Å². The number of benzene rings is 1. The first kappa shape index (κ1) is 20.4. The minimum absolute atomic E-state index is 0.00965. The summed E-state index contributed by atoms with van der Waals surface area (Å²) in [6, 6.07) is 4.95. The molecule has 4 rings (SSSR count). The average molecular weight is 418 g/mol. The minimum Gasteiger partial charge on any atom is -0.415 e. The van der Waals surface area contributed by atoms with Crippen LogP contribution in [0.25, 0.3) is 11.5 Å². The SMILES string of the molecule is CC(C)C(=O)N[C@@H]1CCCC[C@H]1N1Cc2ccc(-c3nnc(C(F)F)o3)cc2C1=O. The molecule has 30 heavy (non-hydrogen) atoms. The van der Waals surface area contributed by atoms with Crippen LogP contribution in [0, 0.1) is 5.92 Å². The van der Waals surface area contributed by atoms with Gasteiger partial charge in [0.15, 0.2) is 0 Å². The van der Waals surface area contributed by atoms with Gasteiger partial charge >= 0.3 is 6.43 Å². The Kier molecular flexibility index (Phi) is 5.53. The van der Waals surface area contributed by atoms with Crippen molar-refractivity contribution in [1.29, 1.82) is 0 Å². The van der Waals surface area contributed by atoms with E-state index in [0.29, 0.717) is 17.7 Å². The molecule has 1 fully saturated rings. The monoisotopic (exact) mass is 418 g/mol. The van der Waals surface area contributed by atoms with Crippen molar-refractivity contribution in [2.75, 3.05) is 0 Å². The second-order valence-electron chi connectivity index (χ2n) is 8.17. The molecule has 7 nitrogen and oxygen atoms in total. The number of aromatic nitrogens is 2. The molecule has 1 saturated carbocycles. The van der Waals surface area contributed by atoms with E-state index in [1.54, 1.807) is 18.2 Å². The average Bonchev–Trinajstić information content (AvgIpc) is 3.34. The molecule has 0 unspecified atom stereocenters. The highest BCUT2D eigenvalue weighted by molar-refractivity contribution is 5.99. The lowest BCUT2D eigenvalue weighted by molar-refractivity contribution is -0.125. The first-order chi connectivity index (χ1) is 14.3. The molecule has 0 radical (unpaired) electrons. The number of nitrogens with zero attached hydrogens (tertiary/aromatic N) is 3. The third-order valence-electron chi connectivity index (χ3n) is 5.80. The molecule has 2 amide bonds. The fourth-order valence-electron chi connectivity index (χ4n) is 4.17. The largest absolute Gasteiger partial charge is 0.415 e. The van der Waals surface area contributed by atoms with E-state index in [1.165, 1.54) is 0 Å². The molecule has 1 aliphatic heterocycles. The number of carbonyl (C=O) groups is 2. The zero-order valence-corrected chi connectivity index (χ0v) is 16.9. The number of fused-ring (bicyclic) bond motifs is 1. The Morgan fingerprint density at radius 3 is 2.70 bits per heavy atom. The highest BCUT2D eigenvalue weighted by atomic mass is 19.3. The number of nitrogens with one attached hydrogen (secondary N) is 1. The number of hydrogen-bond donors (Lipinski definition) is 1. The fraction of sp³-hybridized carbons (Fsp3) is 0.524. The maximum Gasteiger partial charge on any atom is 0.314 e. The van der Waals surface area contributed by atoms with Crippen molar-refractivity contribution in [2.24, 2.45) is 5.92 Å². The van der Waals surface area contributed by atoms with E-state index in [4.69, 9.17) is 4.42 Å². The number of hydrogen-bond acceptors (Lipinski definition) is 5. The van der Waals surface area contributed by atoms with E-state index >= 15 is 0 Å². The molecule has 2 aliphatic rings. The van der Waals surface area contributed by atoms with Crippen molar-refractivity contribution in [2.45, 2.75) is 64.6 Å². The van der Waals surface area contributed by atoms with Crippen LogP contribution in [0.3, 0.4) is 0 Å². The van der Waals surface area contributed by atoms with Gasteiger partial charge < -0.3 is 14.6 Å². The summed E-state index contributed by atoms with van der Waals surface area (Å²) in [6.07, 6.45) is 0.844. The second-order valence-corrected chi connectivity index (χ2v) is 8.17. The summed E-state index contributed by atoms with van der Waals surface area (Å²) >= 11 is 0. The number of rotatable bonds is 5. The molecule has 9 heteroatoms. The van der Waals surface area contributed by atoms with Gasteiger partial charge in [0.05, 0.1) is 6.04 Å². The van der Waals surface area contributed by atoms with Gasteiger partial charge in [0.2, 0.25) is 11.8 Å². The van der Waals surface area contributed by atoms with Crippen molar-refractivity contribution in [3.05, 3.63) is 35.2 Å². The molecule has 1 N–H and O–H groups in total. The summed E-state index contributed by atoms with van der Waals surface area (Å²) in [6.45, 7) is 4.16. The molecule has 0 spiro atoms. The quantitative estimate of drug-likeness (QED) is 0.800. The minimum atomic E-state index is -2.85. The fourth-order valence-corrected chi connectivity index (χ4v) is 4.17. The van der Waals surface area contributed by atoms with Crippen molar-refractivity contribution >= 4 is 11.8 Å². The van der Waals surface area contributed by atoms with Gasteiger partial charge in [-0.2, -0.15) is 8.78 Å². The maximum absolute atomic E-state index is 13.2. The van der Waals surface area contributed by atoms with Crippen LogP contribution in [0.2, 0.25) is 0 Å². The Morgan fingerprint density at radius 2 is 2.00 bits per heavy atom. The zero-order valence-electron chi connectivity index (χ0n) is 16.9. The predicted molar refractivity (Wildman–Crippen MR) is 104 cm³/mol. The number of carbonyl (C=O) groups excluding carboxylic acids is 2. The van der Waals surface area contributed by atoms with E-state index in [0.717, 1.165) is 31.2 Å². The first-order valence-electron chi connectivity index (χ1n) is 10.2. The highest BCUT2D eigenvalue weighted by Crippen LogP contribution is 2.34. The van der Waals surface area contributed by atoms with E-state index in [2.05, 4.69) is 15.5 Å². The third kappa shape index (κ3) is 3.80. The zero-order chi connectivity index (χ0) is 21.4. The van der Waals surface area contributed by atoms with Crippen molar-refractivity contribution < 1.29 is 22.8 Å². The third-order valence-corrected chi connectivity index (χ3v) is 5.80. The first-order valence-corrected chi connectivity index (χ1v) is 10.2. The van der Waals surface area contributed by atoms with Crippen LogP contribution in [0.15, 0.2) is 22.6 Å². The summed E-state index contributed by atoms with van der Waals surface area (Å²) in [4.78, 5) is 27.2. The number of halogens is 2. The van der Waals surface area contributed by atoms with Gasteiger partial charge in [0, 0.05) is 29.6 Å². The van der Waals surface area contributed by atoms with Crippen LogP contribution in [-0.2, 0) is 11.3 Å². The predicted octanol–water partition coefficient (Wildman–Crippen LogP) is 3.71. The van der Waals surface area contributed by atoms with Crippen LogP contribution in [0.5, 0.6) is 0 Å². The summed E-state index contributed by atoms with van der Waals surface area (Å²) in [5, 5.41) is 10.1. The van der Waals surface area contributed by atoms with Crippen LogP contribution in [-0.4, -0.2) is 39.0 Å². The number of amides is 2. The molecule has 1 aromatic carbocycles. The van der Waals surface area contributed by atoms with Gasteiger partial charge in [0.1, 0.15) is 0 Å². The Morgan fingerprint density at radius 1 is 1.23 bits per heavy atom. The Balaban J connectivity index is 1.56. The molecule has 2 heterocycles. The lowest BCUT2D eigenvalue weighted by atomic mass is 9.88. The summed E-state index contributed by atoms with van der Waals surface area (Å²) < 4.78 is 30.5. The molecule has 1 aromatic heterocycles. The van der Waals surface area contributed by atoms with Gasteiger partial charge in [-0.15, -0.1) is 10.2 Å². The van der Waals surface area contributed by atoms with Crippen molar-refractivity contribution in [3.63, 3.8) is 0 Å². The van der Waals surface area contributed by atoms with Crippen LogP contribution >= 0.6 is 0 Å². The molecule has 160 valence electrons. The summed E-state index contributed by atoms with van der Waals surface area (Å²) in [7, 11) is 0. The van der Waals surface area contributed by atoms with Gasteiger partial charge in [-0.3, -0.25) is 9.59 Å². The van der Waals surface area contributed by atoms with E-state index in [9.17, 15) is 18.4 Å². The standard InChI is InChI=1S/C21H24F2N4O3/c1-11(2)18(28)24-15-5-3-4-6-16(15)27-10-13-8-7-12(9-14(13)21(27)29)19-25-26-20(30-19)17(22)23/h7-9,11,15-17H,3-6,10H2,1-2H3,(H,24,28)/t15-,16-/m1/s1. The van der Waals surface area contributed by atoms with Crippen LogP contribution in [0.4, 0.5) is 8.78 Å². The topological polar surface area (TPSA) is 88.3 Å². The van der Waals surface area contributed by atoms with Gasteiger partial charge in [-0.25, -0.2) is 0 Å². The van der Waals surface area contributed by atoms with Crippen molar-refractivity contribution in [3.8, 4) is 11.5 Å². The molecule has 2 aromatic rings. The molecule has 0 saturated heterocycles. The Bertz CT molecular complexity index is 959. The second kappa shape index (κ2) is 8.12. The Labute approximate surface area is 172 Å². The molecular weight excluding hydrogens is 394 g/mol. The number of alkyl halides is 2. The van der Waals surface area contributed by atoms with Gasteiger partial charge in [0.25, 0.3) is 11.8 Å². The normalized spacial score (nSPS) is 21.4. The van der Waals surface area contributed by atoms with E-state index in [1.807, 2.05) is 18.7 Å². The Hall–Kier alpha value is -2.84. The summed E-state index contributed by atoms with van der Waals surface area (Å²) in [5.41, 5.74) is 1.79. The lowest BCUT2D eigenvalue weighted by Gasteiger charge is -2.38.